The van der Waals surface area contributed by atoms with Crippen LogP contribution in [0.1, 0.15) is 12.8 Å². The van der Waals surface area contributed by atoms with Crippen molar-refractivity contribution < 1.29 is 29.6 Å². The Hall–Kier alpha value is -1.50. The Bertz CT molecular complexity index is 431. The smallest absolute Gasteiger partial charge is 0.237 e. The van der Waals surface area contributed by atoms with Gasteiger partial charge >= 0.3 is 0 Å². The van der Waals surface area contributed by atoms with E-state index in [2.05, 4.69) is 10.3 Å². The molecule has 1 fully saturated rings. The number of nitrogens with zero attached hydrogens (tertiary/aromatic N) is 1. The third-order valence-corrected chi connectivity index (χ3v) is 3.68. The molecule has 140 valence electrons. The molecular weight excluding hydrogens is 322 g/mol. The largest absolute Gasteiger partial charge is 0.388 e. The topological polar surface area (TPSA) is 199 Å². The Morgan fingerprint density at radius 3 is 2.54 bits per heavy atom. The van der Waals surface area contributed by atoms with E-state index in [0.717, 1.165) is 0 Å². The zero-order valence-electron chi connectivity index (χ0n) is 13.5. The predicted octanol–water partition coefficient (Wildman–Crippen LogP) is -4.06. The van der Waals surface area contributed by atoms with Gasteiger partial charge in [0.05, 0.1) is 6.04 Å². The summed E-state index contributed by atoms with van der Waals surface area (Å²) >= 11 is 0. The molecule has 0 saturated carbocycles. The predicted molar refractivity (Wildman–Crippen MR) is 84.6 cm³/mol. The van der Waals surface area contributed by atoms with Gasteiger partial charge in [0, 0.05) is 20.2 Å². The molecule has 0 aliphatic carbocycles. The first-order valence-corrected chi connectivity index (χ1v) is 7.59. The number of methoxy groups -OCH3 is 1. The number of aliphatic imine (C=N–C) groups is 1. The van der Waals surface area contributed by atoms with E-state index in [0.29, 0.717) is 19.4 Å². The highest BCUT2D eigenvalue weighted by Gasteiger charge is 2.43. The van der Waals surface area contributed by atoms with Gasteiger partial charge in [-0.3, -0.25) is 9.79 Å². The van der Waals surface area contributed by atoms with E-state index in [9.17, 15) is 20.1 Å². The van der Waals surface area contributed by atoms with Gasteiger partial charge in [-0.2, -0.15) is 0 Å². The molecule has 10 N–H and O–H groups in total. The number of aliphatic hydroxyl groups excluding tert-OH is 3. The maximum atomic E-state index is 11.9. The highest BCUT2D eigenvalue weighted by Crippen LogP contribution is 2.21. The molecule has 0 radical (unpaired) electrons. The Morgan fingerprint density at radius 2 is 1.96 bits per heavy atom. The molecule has 1 aliphatic rings. The van der Waals surface area contributed by atoms with Gasteiger partial charge < -0.3 is 47.3 Å². The molecule has 24 heavy (non-hydrogen) atoms. The highest BCUT2D eigenvalue weighted by atomic mass is 16.7. The first kappa shape index (κ1) is 20.5. The van der Waals surface area contributed by atoms with E-state index in [1.165, 1.54) is 7.11 Å². The SMILES string of the molecule is CO[C@H]1O[C@H](CNC(=O)[C@@H](N)CCCN=C(N)N)[C@@H](O)[C@H](O)[C@@H]1O. The molecule has 6 atom stereocenters. The first-order chi connectivity index (χ1) is 11.3. The van der Waals surface area contributed by atoms with Crippen molar-refractivity contribution in [3.8, 4) is 0 Å². The van der Waals surface area contributed by atoms with Crippen LogP contribution in [0.5, 0.6) is 0 Å². The number of nitrogens with two attached hydrogens (primary N) is 3. The van der Waals surface area contributed by atoms with Gasteiger partial charge in [0.15, 0.2) is 12.2 Å². The number of guanidine groups is 1. The fourth-order valence-corrected chi connectivity index (χ4v) is 2.26. The number of aliphatic hydroxyl groups is 3. The van der Waals surface area contributed by atoms with Gasteiger partial charge in [-0.1, -0.05) is 0 Å². The number of hydrogen-bond donors (Lipinski definition) is 7. The molecule has 1 heterocycles. The van der Waals surface area contributed by atoms with Crippen LogP contribution in [0.25, 0.3) is 0 Å². The number of carbonyl (C=O) groups excluding carboxylic acids is 1. The molecule has 1 amide bonds. The van der Waals surface area contributed by atoms with Crippen LogP contribution < -0.4 is 22.5 Å². The lowest BCUT2D eigenvalue weighted by molar-refractivity contribution is -0.288. The van der Waals surface area contributed by atoms with Crippen LogP contribution in [0.4, 0.5) is 0 Å². The average molecular weight is 349 g/mol. The number of ether oxygens (including phenoxy) is 2. The number of carbonyl (C=O) groups is 1. The van der Waals surface area contributed by atoms with Crippen molar-refractivity contribution in [1.82, 2.24) is 5.32 Å². The van der Waals surface area contributed by atoms with Crippen LogP contribution in [0.15, 0.2) is 4.99 Å². The fourth-order valence-electron chi connectivity index (χ4n) is 2.26. The van der Waals surface area contributed by atoms with Crippen molar-refractivity contribution in [2.45, 2.75) is 49.6 Å². The second-order valence-electron chi connectivity index (χ2n) is 5.55. The van der Waals surface area contributed by atoms with Crippen LogP contribution in [-0.4, -0.2) is 84.1 Å². The number of rotatable bonds is 8. The summed E-state index contributed by atoms with van der Waals surface area (Å²) in [5.74, 6) is -0.463. The Labute approximate surface area is 139 Å². The highest BCUT2D eigenvalue weighted by molar-refractivity contribution is 5.81. The molecule has 1 aliphatic heterocycles. The molecule has 1 saturated heterocycles. The second kappa shape index (κ2) is 9.71. The van der Waals surface area contributed by atoms with E-state index < -0.39 is 42.7 Å². The van der Waals surface area contributed by atoms with Crippen LogP contribution in [-0.2, 0) is 14.3 Å². The summed E-state index contributed by atoms with van der Waals surface area (Å²) in [6.07, 6.45) is -5.33. The van der Waals surface area contributed by atoms with E-state index in [1.807, 2.05) is 0 Å². The van der Waals surface area contributed by atoms with Crippen LogP contribution in [0.3, 0.4) is 0 Å². The summed E-state index contributed by atoms with van der Waals surface area (Å²) in [5, 5.41) is 31.8. The van der Waals surface area contributed by atoms with Crippen LogP contribution in [0.2, 0.25) is 0 Å². The van der Waals surface area contributed by atoms with Gasteiger partial charge in [-0.05, 0) is 12.8 Å². The minimum Gasteiger partial charge on any atom is -0.388 e. The minimum absolute atomic E-state index is 0.0232. The molecule has 1 rings (SSSR count). The van der Waals surface area contributed by atoms with Crippen molar-refractivity contribution in [1.29, 1.82) is 0 Å². The Morgan fingerprint density at radius 1 is 1.29 bits per heavy atom. The van der Waals surface area contributed by atoms with Crippen molar-refractivity contribution in [3.05, 3.63) is 0 Å². The fraction of sp³-hybridized carbons (Fsp3) is 0.846. The standard InChI is InChI=1S/C13H27N5O6/c1-23-12-10(21)9(20)8(19)7(24-12)5-18-11(22)6(14)3-2-4-17-13(15)16/h6-10,12,19-21H,2-5,14H2,1H3,(H,18,22)(H4,15,16,17)/t6-,7+,8+,9-,10-,12-/m0/s1. The van der Waals surface area contributed by atoms with Crippen molar-refractivity contribution in [3.63, 3.8) is 0 Å². The average Bonchev–Trinajstić information content (AvgIpc) is 2.55. The van der Waals surface area contributed by atoms with Crippen LogP contribution in [0, 0.1) is 0 Å². The van der Waals surface area contributed by atoms with Crippen molar-refractivity contribution in [2.24, 2.45) is 22.2 Å². The molecule has 0 aromatic heterocycles. The number of nitrogens with one attached hydrogen (secondary N) is 1. The summed E-state index contributed by atoms with van der Waals surface area (Å²) in [7, 11) is 1.29. The molecule has 11 nitrogen and oxygen atoms in total. The normalized spacial score (nSPS) is 31.3. The third-order valence-electron chi connectivity index (χ3n) is 3.68. The lowest BCUT2D eigenvalue weighted by Crippen LogP contribution is -2.60. The molecule has 11 heteroatoms. The minimum atomic E-state index is -1.45. The van der Waals surface area contributed by atoms with Gasteiger partial charge in [-0.25, -0.2) is 0 Å². The second-order valence-corrected chi connectivity index (χ2v) is 5.55. The number of hydrogen-bond acceptors (Lipinski definition) is 8. The summed E-state index contributed by atoms with van der Waals surface area (Å²) in [6, 6.07) is -0.770. The Kier molecular flexibility index (Phi) is 8.31. The van der Waals surface area contributed by atoms with Gasteiger partial charge in [-0.15, -0.1) is 0 Å². The zero-order chi connectivity index (χ0) is 18.3. The molecule has 0 bridgehead atoms. The summed E-state index contributed by atoms with van der Waals surface area (Å²) in [5.41, 5.74) is 16.1. The maximum absolute atomic E-state index is 11.9. The lowest BCUT2D eigenvalue weighted by Gasteiger charge is -2.39. The van der Waals surface area contributed by atoms with E-state index >= 15 is 0 Å². The molecule has 0 aromatic rings. The zero-order valence-corrected chi connectivity index (χ0v) is 13.5. The summed E-state index contributed by atoms with van der Waals surface area (Å²) in [6.45, 7) is 0.276. The molecular formula is C13H27N5O6. The maximum Gasteiger partial charge on any atom is 0.237 e. The quantitative estimate of drug-likeness (QED) is 0.129. The third kappa shape index (κ3) is 5.85. The van der Waals surface area contributed by atoms with Crippen molar-refractivity contribution in [2.75, 3.05) is 20.2 Å². The first-order valence-electron chi connectivity index (χ1n) is 7.59. The summed E-state index contributed by atoms with van der Waals surface area (Å²) in [4.78, 5) is 15.7. The van der Waals surface area contributed by atoms with Crippen LogP contribution >= 0.6 is 0 Å². The summed E-state index contributed by atoms with van der Waals surface area (Å²) < 4.78 is 10.2. The Balaban J connectivity index is 2.40. The lowest BCUT2D eigenvalue weighted by atomic mass is 9.98. The van der Waals surface area contributed by atoms with Gasteiger partial charge in [0.25, 0.3) is 0 Å². The van der Waals surface area contributed by atoms with Gasteiger partial charge in [0.2, 0.25) is 5.91 Å². The van der Waals surface area contributed by atoms with Crippen molar-refractivity contribution >= 4 is 11.9 Å². The molecule has 0 unspecified atom stereocenters. The molecule has 0 aromatic carbocycles. The van der Waals surface area contributed by atoms with E-state index in [1.54, 1.807) is 0 Å². The van der Waals surface area contributed by atoms with E-state index in [-0.39, 0.29) is 12.5 Å². The van der Waals surface area contributed by atoms with Gasteiger partial charge in [0.1, 0.15) is 24.4 Å². The van der Waals surface area contributed by atoms with E-state index in [4.69, 9.17) is 26.7 Å². The molecule has 0 spiro atoms. The monoisotopic (exact) mass is 349 g/mol. The number of amides is 1.